The van der Waals surface area contributed by atoms with Gasteiger partial charge in [0.25, 0.3) is 5.91 Å². The minimum atomic E-state index is -0.872. The molecule has 4 rings (SSSR count). The Bertz CT molecular complexity index is 894. The molecular formula is C22H27N3O3. The summed E-state index contributed by atoms with van der Waals surface area (Å²) in [6.07, 6.45) is 9.42. The van der Waals surface area contributed by atoms with Gasteiger partial charge in [0.05, 0.1) is 5.60 Å². The lowest BCUT2D eigenvalue weighted by Crippen LogP contribution is -2.33. The zero-order chi connectivity index (χ0) is 19.6. The number of allylic oxidation sites excluding steroid dienone is 2. The smallest absolute Gasteiger partial charge is 0.291 e. The van der Waals surface area contributed by atoms with Crippen molar-refractivity contribution in [2.45, 2.75) is 51.0 Å². The van der Waals surface area contributed by atoms with Crippen LogP contribution in [0.2, 0.25) is 0 Å². The molecule has 0 radical (unpaired) electrons. The molecule has 1 amide bonds. The summed E-state index contributed by atoms with van der Waals surface area (Å²) in [6.45, 7) is 2.99. The number of aliphatic hydroxyl groups is 1. The van der Waals surface area contributed by atoms with Gasteiger partial charge in [-0.25, -0.2) is 4.98 Å². The first-order valence-electron chi connectivity index (χ1n) is 10.0. The molecule has 1 aliphatic carbocycles. The van der Waals surface area contributed by atoms with Crippen LogP contribution in [0, 0.1) is 6.92 Å². The lowest BCUT2D eigenvalue weighted by Gasteiger charge is -2.33. The number of nitrogens with one attached hydrogen (secondary N) is 2. The number of amides is 1. The van der Waals surface area contributed by atoms with E-state index in [0.29, 0.717) is 31.9 Å². The van der Waals surface area contributed by atoms with E-state index in [1.807, 2.05) is 25.1 Å². The van der Waals surface area contributed by atoms with Crippen LogP contribution in [0.4, 0.5) is 5.69 Å². The molecule has 1 fully saturated rings. The van der Waals surface area contributed by atoms with Gasteiger partial charge in [-0.2, -0.15) is 0 Å². The van der Waals surface area contributed by atoms with Crippen LogP contribution in [0.1, 0.15) is 66.0 Å². The second-order valence-electron chi connectivity index (χ2n) is 7.75. The number of benzene rings is 1. The molecule has 2 heterocycles. The van der Waals surface area contributed by atoms with Crippen molar-refractivity contribution in [3.63, 3.8) is 0 Å². The van der Waals surface area contributed by atoms with Crippen LogP contribution in [-0.2, 0) is 10.3 Å². The summed E-state index contributed by atoms with van der Waals surface area (Å²) in [5, 5.41) is 14.1. The number of H-pyrrole nitrogens is 1. The normalized spacial score (nSPS) is 19.1. The number of aromatic amines is 1. The van der Waals surface area contributed by atoms with E-state index in [0.717, 1.165) is 41.8 Å². The van der Waals surface area contributed by atoms with Gasteiger partial charge in [0.1, 0.15) is 0 Å². The summed E-state index contributed by atoms with van der Waals surface area (Å²) in [7, 11) is 0. The molecule has 1 saturated heterocycles. The van der Waals surface area contributed by atoms with E-state index in [-0.39, 0.29) is 5.91 Å². The Labute approximate surface area is 165 Å². The van der Waals surface area contributed by atoms with Crippen molar-refractivity contribution in [1.29, 1.82) is 0 Å². The van der Waals surface area contributed by atoms with Gasteiger partial charge in [-0.15, -0.1) is 0 Å². The van der Waals surface area contributed by atoms with Gasteiger partial charge < -0.3 is 20.1 Å². The second kappa shape index (κ2) is 7.89. The number of hydrogen-bond donors (Lipinski definition) is 3. The monoisotopic (exact) mass is 381 g/mol. The number of carbonyl (C=O) groups excluding carboxylic acids is 1. The third-order valence-corrected chi connectivity index (χ3v) is 5.68. The lowest BCUT2D eigenvalue weighted by atomic mass is 9.83. The number of aryl methyl sites for hydroxylation is 1. The van der Waals surface area contributed by atoms with Gasteiger partial charge in [-0.1, -0.05) is 12.1 Å². The molecule has 1 aliphatic heterocycles. The summed E-state index contributed by atoms with van der Waals surface area (Å²) in [5.74, 6) is 0.0384. The third kappa shape index (κ3) is 3.88. The second-order valence-corrected chi connectivity index (χ2v) is 7.75. The molecule has 0 spiro atoms. The molecule has 2 aromatic rings. The minimum Gasteiger partial charge on any atom is -0.385 e. The molecular weight excluding hydrogens is 354 g/mol. The van der Waals surface area contributed by atoms with E-state index in [9.17, 15) is 9.90 Å². The predicted octanol–water partition coefficient (Wildman–Crippen LogP) is 3.93. The van der Waals surface area contributed by atoms with E-state index in [1.54, 1.807) is 6.20 Å². The van der Waals surface area contributed by atoms with Gasteiger partial charge in [0, 0.05) is 49.2 Å². The summed E-state index contributed by atoms with van der Waals surface area (Å²) in [5.41, 5.74) is 3.85. The highest BCUT2D eigenvalue weighted by atomic mass is 16.5. The van der Waals surface area contributed by atoms with Crippen molar-refractivity contribution >= 4 is 17.2 Å². The number of rotatable bonds is 4. The summed E-state index contributed by atoms with van der Waals surface area (Å²) in [6, 6.07) is 5.87. The van der Waals surface area contributed by atoms with Crippen LogP contribution >= 0.6 is 0 Å². The van der Waals surface area contributed by atoms with Gasteiger partial charge in [0.2, 0.25) is 0 Å². The van der Waals surface area contributed by atoms with Crippen molar-refractivity contribution in [3.05, 3.63) is 53.1 Å². The van der Waals surface area contributed by atoms with Gasteiger partial charge >= 0.3 is 0 Å². The van der Waals surface area contributed by atoms with Gasteiger partial charge in [0.15, 0.2) is 5.82 Å². The predicted molar refractivity (Wildman–Crippen MR) is 108 cm³/mol. The molecule has 0 unspecified atom stereocenters. The van der Waals surface area contributed by atoms with Crippen molar-refractivity contribution in [3.8, 4) is 0 Å². The Hall–Kier alpha value is -2.44. The fourth-order valence-corrected chi connectivity index (χ4v) is 4.00. The van der Waals surface area contributed by atoms with Gasteiger partial charge in [-0.3, -0.25) is 4.79 Å². The largest absolute Gasteiger partial charge is 0.385 e. The molecule has 148 valence electrons. The average Bonchev–Trinajstić information content (AvgIpc) is 3.16. The molecule has 28 heavy (non-hydrogen) atoms. The highest BCUT2D eigenvalue weighted by molar-refractivity contribution is 6.03. The molecule has 6 heteroatoms. The maximum absolute atomic E-state index is 12.6. The first-order chi connectivity index (χ1) is 13.5. The highest BCUT2D eigenvalue weighted by Crippen LogP contribution is 2.38. The Morgan fingerprint density at radius 3 is 2.79 bits per heavy atom. The lowest BCUT2D eigenvalue weighted by molar-refractivity contribution is -0.0679. The number of aromatic nitrogens is 2. The summed E-state index contributed by atoms with van der Waals surface area (Å²) < 4.78 is 5.42. The Balaban J connectivity index is 1.68. The topological polar surface area (TPSA) is 87.2 Å². The molecule has 0 saturated carbocycles. The molecule has 6 nitrogen and oxygen atoms in total. The Morgan fingerprint density at radius 2 is 2.11 bits per heavy atom. The number of anilines is 1. The van der Waals surface area contributed by atoms with Crippen LogP contribution in [0.3, 0.4) is 0 Å². The van der Waals surface area contributed by atoms with E-state index in [4.69, 9.17) is 4.74 Å². The molecule has 1 aromatic carbocycles. The first-order valence-corrected chi connectivity index (χ1v) is 10.0. The fraction of sp³-hybridized carbons (Fsp3) is 0.455. The van der Waals surface area contributed by atoms with Crippen molar-refractivity contribution in [2.24, 2.45) is 0 Å². The molecule has 3 N–H and O–H groups in total. The maximum Gasteiger partial charge on any atom is 0.291 e. The first kappa shape index (κ1) is 18.9. The van der Waals surface area contributed by atoms with Crippen LogP contribution in [0.15, 0.2) is 30.5 Å². The molecule has 0 atom stereocenters. The van der Waals surface area contributed by atoms with Crippen LogP contribution < -0.4 is 5.32 Å². The minimum absolute atomic E-state index is 0.261. The number of carbonyl (C=O) groups is 1. The molecule has 1 aromatic heterocycles. The van der Waals surface area contributed by atoms with Crippen molar-refractivity contribution < 1.29 is 14.6 Å². The van der Waals surface area contributed by atoms with Crippen LogP contribution in [0.25, 0.3) is 5.57 Å². The zero-order valence-corrected chi connectivity index (χ0v) is 16.3. The summed E-state index contributed by atoms with van der Waals surface area (Å²) in [4.78, 5) is 19.7. The number of imidazole rings is 1. The van der Waals surface area contributed by atoms with Crippen molar-refractivity contribution in [2.75, 3.05) is 18.5 Å². The average molecular weight is 381 g/mol. The fourth-order valence-electron chi connectivity index (χ4n) is 4.00. The zero-order valence-electron chi connectivity index (χ0n) is 16.3. The Morgan fingerprint density at radius 1 is 1.29 bits per heavy atom. The van der Waals surface area contributed by atoms with E-state index in [1.165, 1.54) is 12.0 Å². The highest BCUT2D eigenvalue weighted by Gasteiger charge is 2.32. The molecule has 2 aliphatic rings. The Kier molecular flexibility index (Phi) is 5.33. The van der Waals surface area contributed by atoms with E-state index >= 15 is 0 Å². The maximum atomic E-state index is 12.6. The van der Waals surface area contributed by atoms with E-state index < -0.39 is 5.60 Å². The molecule has 0 bridgehead atoms. The number of nitrogens with zero attached hydrogens (tertiary/aromatic N) is 1. The van der Waals surface area contributed by atoms with Crippen molar-refractivity contribution in [1.82, 2.24) is 9.97 Å². The van der Waals surface area contributed by atoms with Crippen LogP contribution in [-0.4, -0.2) is 34.2 Å². The number of hydrogen-bond acceptors (Lipinski definition) is 4. The van der Waals surface area contributed by atoms with Gasteiger partial charge in [-0.05, 0) is 55.9 Å². The SMILES string of the molecule is Cc1cnc(C(=O)Nc2ccc(C3(O)CCOCC3)cc2C2=CCCCC2)[nH]1. The standard InChI is InChI=1S/C22H27N3O3/c1-15-14-23-20(24-15)21(26)25-19-8-7-17(22(27)9-11-28-12-10-22)13-18(19)16-5-3-2-4-6-16/h5,7-8,13-14,27H,2-4,6,9-12H2,1H3,(H,23,24)(H,25,26). The van der Waals surface area contributed by atoms with Crippen LogP contribution in [0.5, 0.6) is 0 Å². The van der Waals surface area contributed by atoms with E-state index in [2.05, 4.69) is 21.4 Å². The summed E-state index contributed by atoms with van der Waals surface area (Å²) >= 11 is 0. The third-order valence-electron chi connectivity index (χ3n) is 5.68. The number of ether oxygens (including phenoxy) is 1. The quantitative estimate of drug-likeness (QED) is 0.749.